The second kappa shape index (κ2) is 4.53. The topological polar surface area (TPSA) is 75.8 Å². The van der Waals surface area contributed by atoms with E-state index in [1.54, 1.807) is 24.3 Å². The monoisotopic (exact) mass is 309 g/mol. The van der Waals surface area contributed by atoms with Crippen LogP contribution in [-0.2, 0) is 10.0 Å². The third-order valence-corrected chi connectivity index (χ3v) is 5.66. The second-order valence-electron chi connectivity index (χ2n) is 5.41. The summed E-state index contributed by atoms with van der Waals surface area (Å²) >= 11 is 4.95. The lowest BCUT2D eigenvalue weighted by molar-refractivity contribution is 0.421. The molecule has 2 aliphatic rings. The summed E-state index contributed by atoms with van der Waals surface area (Å²) in [5.41, 5.74) is 5.99. The van der Waals surface area contributed by atoms with E-state index in [2.05, 4.69) is 4.99 Å². The van der Waals surface area contributed by atoms with Gasteiger partial charge in [-0.2, -0.15) is 0 Å². The van der Waals surface area contributed by atoms with Crippen molar-refractivity contribution in [2.75, 3.05) is 6.54 Å². The average Bonchev–Trinajstić information content (AvgIpc) is 3.12. The molecule has 1 fully saturated rings. The number of para-hydroxylation sites is 1. The fourth-order valence-corrected chi connectivity index (χ4v) is 4.30. The number of nitrogens with zero attached hydrogens (tertiary/aromatic N) is 2. The molecule has 1 aliphatic carbocycles. The van der Waals surface area contributed by atoms with Gasteiger partial charge >= 0.3 is 0 Å². The Morgan fingerprint density at radius 1 is 1.40 bits per heavy atom. The zero-order valence-corrected chi connectivity index (χ0v) is 12.5. The maximum atomic E-state index is 12.6. The van der Waals surface area contributed by atoms with Gasteiger partial charge in [0.05, 0.1) is 10.7 Å². The summed E-state index contributed by atoms with van der Waals surface area (Å²) in [7, 11) is -3.51. The molecule has 1 aromatic rings. The van der Waals surface area contributed by atoms with Crippen LogP contribution in [-0.4, -0.2) is 30.6 Å². The normalized spacial score (nSPS) is 21.3. The number of thiocarbonyl (C=S) groups is 1. The van der Waals surface area contributed by atoms with Crippen molar-refractivity contribution in [3.05, 3.63) is 24.3 Å². The number of hydrogen-bond donors (Lipinski definition) is 1. The van der Waals surface area contributed by atoms with Gasteiger partial charge in [-0.1, -0.05) is 24.4 Å². The Hall–Kier alpha value is -1.47. The first-order chi connectivity index (χ1) is 9.43. The van der Waals surface area contributed by atoms with Gasteiger partial charge in [0.15, 0.2) is 0 Å². The molecule has 0 radical (unpaired) electrons. The highest BCUT2D eigenvalue weighted by Gasteiger charge is 2.46. The van der Waals surface area contributed by atoms with E-state index in [4.69, 9.17) is 18.0 Å². The van der Waals surface area contributed by atoms with Gasteiger partial charge < -0.3 is 5.73 Å². The van der Waals surface area contributed by atoms with Crippen LogP contribution < -0.4 is 5.73 Å². The predicted molar refractivity (Wildman–Crippen MR) is 81.6 cm³/mol. The molecule has 0 amide bonds. The number of sulfonamides is 1. The van der Waals surface area contributed by atoms with Crippen molar-refractivity contribution in [3.8, 4) is 0 Å². The highest BCUT2D eigenvalue weighted by Crippen LogP contribution is 2.50. The van der Waals surface area contributed by atoms with E-state index in [1.807, 2.05) is 0 Å². The van der Waals surface area contributed by atoms with Gasteiger partial charge in [-0.25, -0.2) is 13.4 Å². The van der Waals surface area contributed by atoms with Crippen molar-refractivity contribution in [2.45, 2.75) is 24.2 Å². The van der Waals surface area contributed by atoms with Crippen molar-refractivity contribution in [3.63, 3.8) is 0 Å². The molecule has 1 aliphatic heterocycles. The molecule has 0 unspecified atom stereocenters. The first-order valence-electron chi connectivity index (χ1n) is 6.36. The molecule has 0 atom stereocenters. The van der Waals surface area contributed by atoms with E-state index < -0.39 is 10.0 Å². The van der Waals surface area contributed by atoms with Gasteiger partial charge in [0.25, 0.3) is 10.0 Å². The molecule has 1 aromatic carbocycles. The van der Waals surface area contributed by atoms with E-state index in [9.17, 15) is 8.42 Å². The third-order valence-electron chi connectivity index (χ3n) is 3.78. The van der Waals surface area contributed by atoms with Crippen LogP contribution in [0, 0.1) is 5.41 Å². The lowest BCUT2D eigenvalue weighted by atomic mass is 10.0. The molecule has 20 heavy (non-hydrogen) atoms. The van der Waals surface area contributed by atoms with E-state index in [0.29, 0.717) is 23.6 Å². The van der Waals surface area contributed by atoms with Crippen LogP contribution in [0.15, 0.2) is 34.2 Å². The maximum absolute atomic E-state index is 12.6. The Kier molecular flexibility index (Phi) is 3.06. The fraction of sp³-hybridized carbons (Fsp3) is 0.385. The smallest absolute Gasteiger partial charge is 0.267 e. The molecular formula is C13H15N3O2S2. The van der Waals surface area contributed by atoms with E-state index in [0.717, 1.165) is 12.8 Å². The maximum Gasteiger partial charge on any atom is 0.267 e. The highest BCUT2D eigenvalue weighted by atomic mass is 32.2. The van der Waals surface area contributed by atoms with Gasteiger partial charge in [-0.15, -0.1) is 0 Å². The number of nitrogens with two attached hydrogens (primary N) is 1. The van der Waals surface area contributed by atoms with Crippen LogP contribution in [0.1, 0.15) is 19.3 Å². The summed E-state index contributed by atoms with van der Waals surface area (Å²) < 4.78 is 26.5. The molecule has 0 saturated heterocycles. The van der Waals surface area contributed by atoms with Gasteiger partial charge in [-0.3, -0.25) is 4.31 Å². The molecular weight excluding hydrogens is 294 g/mol. The summed E-state index contributed by atoms with van der Waals surface area (Å²) in [6, 6.07) is 6.76. The van der Waals surface area contributed by atoms with Crippen LogP contribution >= 0.6 is 12.2 Å². The second-order valence-corrected chi connectivity index (χ2v) is 7.79. The van der Waals surface area contributed by atoms with E-state index in [-0.39, 0.29) is 10.3 Å². The fourth-order valence-electron chi connectivity index (χ4n) is 2.49. The molecule has 5 nitrogen and oxygen atoms in total. The Morgan fingerprint density at radius 2 is 2.10 bits per heavy atom. The summed E-state index contributed by atoms with van der Waals surface area (Å²) in [6.45, 7) is 0.393. The van der Waals surface area contributed by atoms with Crippen molar-refractivity contribution in [2.24, 2.45) is 16.1 Å². The van der Waals surface area contributed by atoms with Crippen LogP contribution in [0.2, 0.25) is 0 Å². The zero-order chi connectivity index (χ0) is 14.4. The molecule has 0 bridgehead atoms. The van der Waals surface area contributed by atoms with Gasteiger partial charge in [0.2, 0.25) is 0 Å². The SMILES string of the molecule is NC(=S)CC1(CN2C=Nc3ccccc3S2(=O)=O)CC1. The van der Waals surface area contributed by atoms with Crippen molar-refractivity contribution < 1.29 is 8.42 Å². The predicted octanol–water partition coefficient (Wildman–Crippen LogP) is 1.81. The van der Waals surface area contributed by atoms with E-state index in [1.165, 1.54) is 10.6 Å². The molecule has 7 heteroatoms. The molecule has 0 spiro atoms. The average molecular weight is 309 g/mol. The van der Waals surface area contributed by atoms with Crippen molar-refractivity contribution in [1.82, 2.24) is 4.31 Å². The van der Waals surface area contributed by atoms with Gasteiger partial charge in [0.1, 0.15) is 11.2 Å². The van der Waals surface area contributed by atoms with Crippen LogP contribution in [0.4, 0.5) is 5.69 Å². The zero-order valence-electron chi connectivity index (χ0n) is 10.8. The number of rotatable bonds is 4. The van der Waals surface area contributed by atoms with Gasteiger partial charge in [-0.05, 0) is 30.4 Å². The number of benzene rings is 1. The molecule has 1 heterocycles. The summed E-state index contributed by atoms with van der Waals surface area (Å²) in [6.07, 6.45) is 3.89. The first kappa shape index (κ1) is 13.5. The highest BCUT2D eigenvalue weighted by molar-refractivity contribution is 7.89. The summed E-state index contributed by atoms with van der Waals surface area (Å²) in [4.78, 5) is 4.92. The molecule has 0 aromatic heterocycles. The Balaban J connectivity index is 1.89. The minimum absolute atomic E-state index is 0.1000. The van der Waals surface area contributed by atoms with Crippen LogP contribution in [0.5, 0.6) is 0 Å². The first-order valence-corrected chi connectivity index (χ1v) is 8.21. The minimum Gasteiger partial charge on any atom is -0.393 e. The van der Waals surface area contributed by atoms with Gasteiger partial charge in [0, 0.05) is 13.0 Å². The number of aliphatic imine (C=N–C) groups is 1. The Bertz CT molecular complexity index is 693. The summed E-state index contributed by atoms with van der Waals surface area (Å²) in [5.74, 6) is 0. The lowest BCUT2D eigenvalue weighted by Gasteiger charge is -2.27. The standard InChI is InChI=1S/C13H15N3O2S2/c14-12(19)7-13(5-6-13)8-16-9-15-10-3-1-2-4-11(10)20(16,17)18/h1-4,9H,5-8H2,(H2,14,19). The third kappa shape index (κ3) is 2.31. The minimum atomic E-state index is -3.51. The largest absolute Gasteiger partial charge is 0.393 e. The van der Waals surface area contributed by atoms with Crippen molar-refractivity contribution in [1.29, 1.82) is 0 Å². The van der Waals surface area contributed by atoms with Crippen LogP contribution in [0.3, 0.4) is 0 Å². The molecule has 2 N–H and O–H groups in total. The summed E-state index contributed by atoms with van der Waals surface area (Å²) in [5, 5.41) is 0. The number of fused-ring (bicyclic) bond motifs is 1. The quantitative estimate of drug-likeness (QED) is 0.861. The van der Waals surface area contributed by atoms with Crippen molar-refractivity contribution >= 4 is 39.3 Å². The van der Waals surface area contributed by atoms with E-state index >= 15 is 0 Å². The molecule has 1 saturated carbocycles. The lowest BCUT2D eigenvalue weighted by Crippen LogP contribution is -2.37. The molecule has 106 valence electrons. The number of hydrogen-bond acceptors (Lipinski definition) is 4. The van der Waals surface area contributed by atoms with Crippen LogP contribution in [0.25, 0.3) is 0 Å². The Morgan fingerprint density at radius 3 is 2.75 bits per heavy atom. The Labute approximate surface area is 123 Å². The molecule has 3 rings (SSSR count).